The van der Waals surface area contributed by atoms with E-state index in [1.165, 1.54) is 12.8 Å². The molecule has 0 spiro atoms. The Hall–Kier alpha value is -0.730. The van der Waals surface area contributed by atoms with Gasteiger partial charge in [-0.1, -0.05) is 31.4 Å². The van der Waals surface area contributed by atoms with Crippen LogP contribution >= 0.6 is 11.6 Å². The van der Waals surface area contributed by atoms with Gasteiger partial charge in [0.1, 0.15) is 5.75 Å². The average molecular weight is 254 g/mol. The van der Waals surface area contributed by atoms with Gasteiger partial charge in [-0.05, 0) is 37.0 Å². The van der Waals surface area contributed by atoms with Crippen LogP contribution in [0, 0.1) is 5.92 Å². The molecule has 1 fully saturated rings. The highest BCUT2D eigenvalue weighted by Gasteiger charge is 2.43. The summed E-state index contributed by atoms with van der Waals surface area (Å²) in [6.45, 7) is 2.22. The van der Waals surface area contributed by atoms with Gasteiger partial charge in [0.15, 0.2) is 0 Å². The minimum Gasteiger partial charge on any atom is -0.496 e. The van der Waals surface area contributed by atoms with Gasteiger partial charge in [-0.2, -0.15) is 0 Å². The molecule has 2 nitrogen and oxygen atoms in total. The molecule has 0 amide bonds. The molecule has 0 bridgehead atoms. The molecule has 0 heterocycles. The van der Waals surface area contributed by atoms with Crippen molar-refractivity contribution in [3.8, 4) is 5.75 Å². The summed E-state index contributed by atoms with van der Waals surface area (Å²) in [7, 11) is 1.68. The fourth-order valence-corrected chi connectivity index (χ4v) is 3.04. The molecule has 1 saturated carbocycles. The maximum absolute atomic E-state index is 6.45. The second-order valence-corrected chi connectivity index (χ2v) is 5.50. The zero-order valence-corrected chi connectivity index (χ0v) is 11.3. The molecular weight excluding hydrogens is 234 g/mol. The van der Waals surface area contributed by atoms with E-state index in [0.29, 0.717) is 0 Å². The Morgan fingerprint density at radius 1 is 1.47 bits per heavy atom. The van der Waals surface area contributed by atoms with Gasteiger partial charge in [0.2, 0.25) is 0 Å². The van der Waals surface area contributed by atoms with Crippen molar-refractivity contribution in [2.75, 3.05) is 7.11 Å². The van der Waals surface area contributed by atoms with Crippen LogP contribution in [-0.2, 0) is 5.54 Å². The molecule has 0 aliphatic heterocycles. The molecule has 1 aliphatic carbocycles. The first kappa shape index (κ1) is 12.7. The van der Waals surface area contributed by atoms with Crippen molar-refractivity contribution in [1.82, 2.24) is 0 Å². The third-order valence-electron chi connectivity index (χ3n) is 3.70. The van der Waals surface area contributed by atoms with Crippen molar-refractivity contribution in [3.63, 3.8) is 0 Å². The van der Waals surface area contributed by atoms with Crippen LogP contribution in [0.4, 0.5) is 0 Å². The number of ether oxygens (including phenoxy) is 1. The van der Waals surface area contributed by atoms with Crippen LogP contribution in [0.5, 0.6) is 5.75 Å². The topological polar surface area (TPSA) is 35.2 Å². The fourth-order valence-electron chi connectivity index (χ4n) is 2.87. The lowest BCUT2D eigenvalue weighted by Gasteiger charge is -2.46. The van der Waals surface area contributed by atoms with Gasteiger partial charge < -0.3 is 10.5 Å². The van der Waals surface area contributed by atoms with Crippen molar-refractivity contribution in [3.05, 3.63) is 28.8 Å². The van der Waals surface area contributed by atoms with E-state index in [-0.39, 0.29) is 5.54 Å². The van der Waals surface area contributed by atoms with Crippen molar-refractivity contribution in [2.24, 2.45) is 11.7 Å². The molecule has 0 unspecified atom stereocenters. The molecule has 17 heavy (non-hydrogen) atoms. The monoisotopic (exact) mass is 253 g/mol. The van der Waals surface area contributed by atoms with E-state index in [2.05, 4.69) is 6.92 Å². The van der Waals surface area contributed by atoms with Crippen LogP contribution < -0.4 is 10.5 Å². The number of benzene rings is 1. The van der Waals surface area contributed by atoms with E-state index >= 15 is 0 Å². The molecule has 0 atom stereocenters. The first-order valence-corrected chi connectivity index (χ1v) is 6.59. The Morgan fingerprint density at radius 3 is 2.76 bits per heavy atom. The molecule has 1 aliphatic rings. The maximum Gasteiger partial charge on any atom is 0.124 e. The normalized spacial score (nSPS) is 27.6. The predicted molar refractivity (Wildman–Crippen MR) is 71.5 cm³/mol. The second-order valence-electron chi connectivity index (χ2n) is 5.06. The lowest BCUT2D eigenvalue weighted by atomic mass is 9.64. The molecule has 2 N–H and O–H groups in total. The van der Waals surface area contributed by atoms with Gasteiger partial charge in [-0.25, -0.2) is 0 Å². The van der Waals surface area contributed by atoms with Crippen molar-refractivity contribution in [1.29, 1.82) is 0 Å². The number of nitrogens with two attached hydrogens (primary N) is 1. The van der Waals surface area contributed by atoms with Crippen molar-refractivity contribution in [2.45, 2.75) is 38.1 Å². The highest BCUT2D eigenvalue weighted by Crippen LogP contribution is 2.48. The number of rotatable bonds is 4. The minimum absolute atomic E-state index is 0.240. The number of hydrogen-bond donors (Lipinski definition) is 1. The quantitative estimate of drug-likeness (QED) is 0.888. The van der Waals surface area contributed by atoms with E-state index < -0.39 is 0 Å². The summed E-state index contributed by atoms with van der Waals surface area (Å²) in [5.41, 5.74) is 7.27. The third-order valence-corrected chi connectivity index (χ3v) is 3.94. The summed E-state index contributed by atoms with van der Waals surface area (Å²) in [5.74, 6) is 1.61. The lowest BCUT2D eigenvalue weighted by Crippen LogP contribution is -2.49. The smallest absolute Gasteiger partial charge is 0.124 e. The summed E-state index contributed by atoms with van der Waals surface area (Å²) >= 11 is 6.05. The lowest BCUT2D eigenvalue weighted by molar-refractivity contribution is 0.134. The largest absolute Gasteiger partial charge is 0.496 e. The van der Waals surface area contributed by atoms with E-state index in [4.69, 9.17) is 22.1 Å². The highest BCUT2D eigenvalue weighted by molar-refractivity contribution is 6.30. The van der Waals surface area contributed by atoms with Crippen LogP contribution in [0.3, 0.4) is 0 Å². The third kappa shape index (κ3) is 2.43. The molecule has 3 heteroatoms. The van der Waals surface area contributed by atoms with Gasteiger partial charge in [0.05, 0.1) is 7.11 Å². The molecule has 1 aromatic rings. The summed E-state index contributed by atoms with van der Waals surface area (Å²) in [6.07, 6.45) is 4.57. The molecular formula is C14H20ClNO. The van der Waals surface area contributed by atoms with E-state index in [1.807, 2.05) is 18.2 Å². The Bertz CT molecular complexity index is 399. The first-order chi connectivity index (χ1) is 8.09. The highest BCUT2D eigenvalue weighted by atomic mass is 35.5. The summed E-state index contributed by atoms with van der Waals surface area (Å²) in [5, 5.41) is 0.726. The molecule has 94 valence electrons. The molecule has 1 aromatic carbocycles. The fraction of sp³-hybridized carbons (Fsp3) is 0.571. The Kier molecular flexibility index (Phi) is 3.64. The van der Waals surface area contributed by atoms with Crippen molar-refractivity contribution >= 4 is 11.6 Å². The number of halogens is 1. The summed E-state index contributed by atoms with van der Waals surface area (Å²) in [4.78, 5) is 0. The minimum atomic E-state index is -0.240. The molecule has 0 aromatic heterocycles. The summed E-state index contributed by atoms with van der Waals surface area (Å²) < 4.78 is 5.38. The van der Waals surface area contributed by atoms with Crippen LogP contribution in [0.15, 0.2) is 18.2 Å². The second kappa shape index (κ2) is 4.87. The molecule has 2 rings (SSSR count). The van der Waals surface area contributed by atoms with Gasteiger partial charge in [0, 0.05) is 16.1 Å². The van der Waals surface area contributed by atoms with E-state index in [0.717, 1.165) is 35.1 Å². The molecule has 0 saturated heterocycles. The molecule has 0 radical (unpaired) electrons. The van der Waals surface area contributed by atoms with Crippen LogP contribution in [0.1, 0.15) is 38.2 Å². The van der Waals surface area contributed by atoms with Crippen LogP contribution in [0.25, 0.3) is 0 Å². The van der Waals surface area contributed by atoms with Crippen LogP contribution in [-0.4, -0.2) is 7.11 Å². The average Bonchev–Trinajstić information content (AvgIpc) is 2.27. The van der Waals surface area contributed by atoms with E-state index in [9.17, 15) is 0 Å². The Labute approximate surface area is 108 Å². The number of hydrogen-bond acceptors (Lipinski definition) is 2. The van der Waals surface area contributed by atoms with Gasteiger partial charge in [-0.15, -0.1) is 0 Å². The number of methoxy groups -OCH3 is 1. The Morgan fingerprint density at radius 2 is 2.18 bits per heavy atom. The van der Waals surface area contributed by atoms with Crippen molar-refractivity contribution < 1.29 is 4.74 Å². The first-order valence-electron chi connectivity index (χ1n) is 6.22. The van der Waals surface area contributed by atoms with Gasteiger partial charge >= 0.3 is 0 Å². The maximum atomic E-state index is 6.45. The standard InChI is InChI=1S/C14H20ClNO/c1-3-4-10-8-14(16,9-10)12-7-11(15)5-6-13(12)17-2/h5-7,10H,3-4,8-9,16H2,1-2H3. The zero-order chi connectivity index (χ0) is 12.5. The zero-order valence-electron chi connectivity index (χ0n) is 10.5. The van der Waals surface area contributed by atoms with Gasteiger partial charge in [0.25, 0.3) is 0 Å². The predicted octanol–water partition coefficient (Wildman–Crippen LogP) is 3.71. The van der Waals surface area contributed by atoms with Gasteiger partial charge in [-0.3, -0.25) is 0 Å². The van der Waals surface area contributed by atoms with E-state index in [1.54, 1.807) is 7.11 Å². The Balaban J connectivity index is 2.20. The van der Waals surface area contributed by atoms with Crippen LogP contribution in [0.2, 0.25) is 5.02 Å². The summed E-state index contributed by atoms with van der Waals surface area (Å²) in [6, 6.07) is 5.69. The SMILES string of the molecule is CCCC1CC(N)(c2cc(Cl)ccc2OC)C1.